The average molecular weight is 325 g/mol. The second kappa shape index (κ2) is 5.28. The van der Waals surface area contributed by atoms with Crippen molar-refractivity contribution in [2.24, 2.45) is 0 Å². The first-order valence-electron chi connectivity index (χ1n) is 7.31. The minimum Gasteiger partial charge on any atom is -0.367 e. The number of anilines is 1. The molecule has 8 heteroatoms. The quantitative estimate of drug-likeness (QED) is 0.581. The number of nitrogens with two attached hydrogens (primary N) is 1. The van der Waals surface area contributed by atoms with Gasteiger partial charge in [-0.05, 0) is 31.3 Å². The van der Waals surface area contributed by atoms with Crippen molar-refractivity contribution in [2.45, 2.75) is 13.5 Å². The van der Waals surface area contributed by atoms with E-state index in [2.05, 4.69) is 28.9 Å². The lowest BCUT2D eigenvalue weighted by Gasteiger charge is -2.05. The first kappa shape index (κ1) is 14.1. The van der Waals surface area contributed by atoms with Crippen molar-refractivity contribution >= 4 is 31.9 Å². The molecule has 116 valence electrons. The van der Waals surface area contributed by atoms with Gasteiger partial charge in [0.25, 0.3) is 0 Å². The summed E-state index contributed by atoms with van der Waals surface area (Å²) in [5.41, 5.74) is 10.2. The molecular weight excluding hydrogens is 309 g/mol. The topological polar surface area (TPSA) is 86.9 Å². The predicted octanol–water partition coefficient (Wildman–Crippen LogP) is 1.91. The van der Waals surface area contributed by atoms with Crippen molar-refractivity contribution in [3.63, 3.8) is 0 Å². The number of aryl methyl sites for hydroxylation is 2. The molecule has 0 spiro atoms. The van der Waals surface area contributed by atoms with Gasteiger partial charge in [-0.3, -0.25) is 0 Å². The van der Waals surface area contributed by atoms with E-state index in [0.29, 0.717) is 0 Å². The van der Waals surface area contributed by atoms with Crippen LogP contribution in [0.2, 0.25) is 0 Å². The van der Waals surface area contributed by atoms with Gasteiger partial charge in [0.2, 0.25) is 5.95 Å². The first-order valence-corrected chi connectivity index (χ1v) is 8.13. The van der Waals surface area contributed by atoms with Gasteiger partial charge in [0, 0.05) is 18.3 Å². The highest BCUT2D eigenvalue weighted by molar-refractivity contribution is 7.16. The highest BCUT2D eigenvalue weighted by Crippen LogP contribution is 2.26. The van der Waals surface area contributed by atoms with Crippen molar-refractivity contribution < 1.29 is 0 Å². The minimum atomic E-state index is 0.247. The molecule has 0 aliphatic rings. The zero-order valence-corrected chi connectivity index (χ0v) is 13.8. The van der Waals surface area contributed by atoms with Crippen LogP contribution in [-0.2, 0) is 6.54 Å². The Morgan fingerprint density at radius 1 is 1.22 bits per heavy atom. The SMILES string of the molecule is Cc1nc2ccc(-c3ccn4nc(N)ncc34)nc2n1CCP. The van der Waals surface area contributed by atoms with Gasteiger partial charge in [0.05, 0.1) is 17.4 Å². The molecule has 4 aromatic rings. The van der Waals surface area contributed by atoms with Crippen LogP contribution in [-0.4, -0.2) is 35.3 Å². The van der Waals surface area contributed by atoms with Gasteiger partial charge >= 0.3 is 0 Å². The molecule has 0 amide bonds. The average Bonchev–Trinajstić information content (AvgIpc) is 3.08. The second-order valence-corrected chi connectivity index (χ2v) is 5.89. The zero-order chi connectivity index (χ0) is 16.0. The highest BCUT2D eigenvalue weighted by Gasteiger charge is 2.13. The van der Waals surface area contributed by atoms with Crippen molar-refractivity contribution in [1.29, 1.82) is 0 Å². The van der Waals surface area contributed by atoms with Gasteiger partial charge in [-0.15, -0.1) is 14.3 Å². The fourth-order valence-corrected chi connectivity index (χ4v) is 3.05. The third-order valence-electron chi connectivity index (χ3n) is 3.85. The number of hydrogen-bond donors (Lipinski definition) is 1. The molecule has 4 heterocycles. The smallest absolute Gasteiger partial charge is 0.238 e. The van der Waals surface area contributed by atoms with Crippen LogP contribution >= 0.6 is 9.24 Å². The molecule has 0 fully saturated rings. The van der Waals surface area contributed by atoms with E-state index in [4.69, 9.17) is 10.7 Å². The molecule has 0 aliphatic heterocycles. The van der Waals surface area contributed by atoms with Gasteiger partial charge in [-0.25, -0.2) is 19.5 Å². The normalized spacial score (nSPS) is 11.6. The van der Waals surface area contributed by atoms with Crippen LogP contribution in [0.15, 0.2) is 30.6 Å². The molecule has 23 heavy (non-hydrogen) atoms. The molecule has 0 saturated carbocycles. The number of nitrogens with zero attached hydrogens (tertiary/aromatic N) is 6. The molecule has 0 radical (unpaired) electrons. The predicted molar refractivity (Wildman–Crippen MR) is 93.2 cm³/mol. The van der Waals surface area contributed by atoms with E-state index >= 15 is 0 Å². The number of aromatic nitrogens is 6. The number of imidazole rings is 1. The van der Waals surface area contributed by atoms with Crippen LogP contribution in [0.5, 0.6) is 0 Å². The molecule has 4 aromatic heterocycles. The fraction of sp³-hybridized carbons (Fsp3) is 0.200. The maximum absolute atomic E-state index is 5.63. The Balaban J connectivity index is 1.92. The molecule has 7 nitrogen and oxygen atoms in total. The summed E-state index contributed by atoms with van der Waals surface area (Å²) in [6.45, 7) is 2.88. The molecule has 0 aliphatic carbocycles. The van der Waals surface area contributed by atoms with Crippen LogP contribution < -0.4 is 5.73 Å². The fourth-order valence-electron chi connectivity index (χ4n) is 2.79. The molecule has 1 unspecified atom stereocenters. The van der Waals surface area contributed by atoms with Crippen molar-refractivity contribution in [1.82, 2.24) is 29.1 Å². The molecule has 2 N–H and O–H groups in total. The Morgan fingerprint density at radius 3 is 2.91 bits per heavy atom. The Hall–Kier alpha value is -2.53. The third kappa shape index (κ3) is 2.24. The van der Waals surface area contributed by atoms with Crippen molar-refractivity contribution in [2.75, 3.05) is 11.9 Å². The molecular formula is C15H16N7P. The van der Waals surface area contributed by atoms with Crippen LogP contribution in [0, 0.1) is 6.92 Å². The van der Waals surface area contributed by atoms with Crippen LogP contribution in [0.25, 0.3) is 27.9 Å². The summed E-state index contributed by atoms with van der Waals surface area (Å²) in [5.74, 6) is 1.22. The minimum absolute atomic E-state index is 0.247. The van der Waals surface area contributed by atoms with Crippen LogP contribution in [0.3, 0.4) is 0 Å². The Bertz CT molecular complexity index is 1020. The summed E-state index contributed by atoms with van der Waals surface area (Å²) in [4.78, 5) is 13.5. The van der Waals surface area contributed by atoms with Gasteiger partial charge in [0.15, 0.2) is 5.65 Å². The van der Waals surface area contributed by atoms with Crippen LogP contribution in [0.1, 0.15) is 5.82 Å². The van der Waals surface area contributed by atoms with E-state index in [9.17, 15) is 0 Å². The van der Waals surface area contributed by atoms with E-state index < -0.39 is 0 Å². The zero-order valence-electron chi connectivity index (χ0n) is 12.6. The maximum Gasteiger partial charge on any atom is 0.238 e. The van der Waals surface area contributed by atoms with E-state index in [1.807, 2.05) is 31.3 Å². The number of nitrogen functional groups attached to an aromatic ring is 1. The molecule has 4 rings (SSSR count). The first-order chi connectivity index (χ1) is 11.2. The second-order valence-electron chi connectivity index (χ2n) is 5.31. The summed E-state index contributed by atoms with van der Waals surface area (Å²) < 4.78 is 3.85. The summed E-state index contributed by atoms with van der Waals surface area (Å²) >= 11 is 0. The Kier molecular flexibility index (Phi) is 3.23. The van der Waals surface area contributed by atoms with E-state index in [-0.39, 0.29) is 5.95 Å². The van der Waals surface area contributed by atoms with Crippen molar-refractivity contribution in [3.05, 3.63) is 36.4 Å². The van der Waals surface area contributed by atoms with Crippen molar-refractivity contribution in [3.8, 4) is 11.3 Å². The molecule has 0 bridgehead atoms. The highest BCUT2D eigenvalue weighted by atomic mass is 31.0. The number of fused-ring (bicyclic) bond motifs is 2. The van der Waals surface area contributed by atoms with Gasteiger partial charge in [-0.1, -0.05) is 0 Å². The van der Waals surface area contributed by atoms with E-state index in [1.54, 1.807) is 10.7 Å². The lowest BCUT2D eigenvalue weighted by molar-refractivity contribution is 0.754. The molecule has 0 aromatic carbocycles. The largest absolute Gasteiger partial charge is 0.367 e. The number of rotatable bonds is 3. The van der Waals surface area contributed by atoms with E-state index in [1.165, 1.54) is 0 Å². The summed E-state index contributed by atoms with van der Waals surface area (Å²) in [6.07, 6.45) is 4.54. The number of hydrogen-bond acceptors (Lipinski definition) is 5. The summed E-state index contributed by atoms with van der Waals surface area (Å²) in [6, 6.07) is 5.96. The van der Waals surface area contributed by atoms with Gasteiger partial charge in [-0.2, -0.15) is 0 Å². The maximum atomic E-state index is 5.63. The molecule has 1 atom stereocenters. The van der Waals surface area contributed by atoms with Crippen LogP contribution in [0.4, 0.5) is 5.95 Å². The Morgan fingerprint density at radius 2 is 2.09 bits per heavy atom. The monoisotopic (exact) mass is 325 g/mol. The molecule has 0 saturated heterocycles. The third-order valence-corrected chi connectivity index (χ3v) is 4.10. The number of pyridine rings is 1. The summed E-state index contributed by atoms with van der Waals surface area (Å²) in [7, 11) is 2.74. The Labute approximate surface area is 134 Å². The standard InChI is InChI=1S/C15H16N7P/c1-9-18-12-3-2-11(19-14(12)21(9)6-7-23)10-4-5-22-13(10)8-17-15(16)20-22/h2-5,8H,6-7,23H2,1H3,(H2,16,20). The lowest BCUT2D eigenvalue weighted by Crippen LogP contribution is -2.02. The summed E-state index contributed by atoms with van der Waals surface area (Å²) in [5, 5.41) is 4.17. The van der Waals surface area contributed by atoms with Gasteiger partial charge < -0.3 is 10.3 Å². The lowest BCUT2D eigenvalue weighted by atomic mass is 10.2. The van der Waals surface area contributed by atoms with Gasteiger partial charge in [0.1, 0.15) is 11.3 Å². The van der Waals surface area contributed by atoms with E-state index in [0.717, 1.165) is 46.5 Å².